The lowest BCUT2D eigenvalue weighted by Gasteiger charge is -2.08. The molecule has 0 aliphatic carbocycles. The largest absolute Gasteiger partial charge is 0.618 e. The molecule has 0 aliphatic rings. The number of nitrogens with zero attached hydrogens (tertiary/aromatic N) is 1. The smallest absolute Gasteiger partial charge is 0.233 e. The number of hydrogen-bond donors (Lipinski definition) is 0. The molecule has 0 spiro atoms. The summed E-state index contributed by atoms with van der Waals surface area (Å²) in [5.41, 5.74) is 2.51. The average Bonchev–Trinajstić information content (AvgIpc) is 2.41. The van der Waals surface area contributed by atoms with Crippen molar-refractivity contribution in [3.05, 3.63) is 71.0 Å². The second-order valence-corrected chi connectivity index (χ2v) is 4.46. The Morgan fingerprint density at radius 1 is 0.889 bits per heavy atom. The van der Waals surface area contributed by atoms with E-state index >= 15 is 0 Å². The monoisotopic (exact) mass is 255 g/mol. The van der Waals surface area contributed by atoms with Crippen molar-refractivity contribution < 1.29 is 4.73 Å². The Hall–Kier alpha value is -2.06. The molecule has 2 aromatic carbocycles. The molecule has 0 saturated carbocycles. The maximum Gasteiger partial charge on any atom is 0.233 e. The van der Waals surface area contributed by atoms with Crippen LogP contribution in [0.4, 0.5) is 0 Å². The van der Waals surface area contributed by atoms with Crippen LogP contribution >= 0.6 is 11.6 Å². The number of hydrogen-bond acceptors (Lipinski definition) is 1. The lowest BCUT2D eigenvalue weighted by molar-refractivity contribution is -0.576. The summed E-state index contributed by atoms with van der Waals surface area (Å²) in [5.74, 6) is 0. The summed E-state index contributed by atoms with van der Waals surface area (Å²) in [7, 11) is 0. The third-order valence-electron chi connectivity index (χ3n) is 2.95. The standard InChI is InChI=1S/C15H10ClNO/c16-14-9-8-12(11-5-2-1-3-6-11)15-13(14)7-4-10-17(15)18/h1-10H. The molecule has 3 rings (SSSR count). The van der Waals surface area contributed by atoms with Crippen LogP contribution in [-0.2, 0) is 0 Å². The van der Waals surface area contributed by atoms with Crippen molar-refractivity contribution in [2.24, 2.45) is 0 Å². The highest BCUT2D eigenvalue weighted by molar-refractivity contribution is 6.35. The van der Waals surface area contributed by atoms with Crippen molar-refractivity contribution in [2.45, 2.75) is 0 Å². The molecule has 0 unspecified atom stereocenters. The SMILES string of the molecule is [O-][n+]1cccc2c(Cl)ccc(-c3ccccc3)c21. The van der Waals surface area contributed by atoms with Crippen molar-refractivity contribution in [3.8, 4) is 11.1 Å². The molecule has 0 bridgehead atoms. The van der Waals surface area contributed by atoms with Crippen LogP contribution in [0, 0.1) is 5.21 Å². The lowest BCUT2D eigenvalue weighted by atomic mass is 10.0. The van der Waals surface area contributed by atoms with Crippen LogP contribution in [0.25, 0.3) is 22.0 Å². The van der Waals surface area contributed by atoms with Gasteiger partial charge in [0.25, 0.3) is 0 Å². The van der Waals surface area contributed by atoms with E-state index in [4.69, 9.17) is 11.6 Å². The van der Waals surface area contributed by atoms with Crippen molar-refractivity contribution in [1.82, 2.24) is 0 Å². The molecule has 3 heteroatoms. The van der Waals surface area contributed by atoms with Gasteiger partial charge in [-0.1, -0.05) is 41.9 Å². The van der Waals surface area contributed by atoms with Crippen LogP contribution in [0.1, 0.15) is 0 Å². The molecule has 88 valence electrons. The molecule has 0 amide bonds. The first-order valence-corrected chi connectivity index (χ1v) is 6.01. The lowest BCUT2D eigenvalue weighted by Crippen LogP contribution is -2.26. The molecule has 0 aliphatic heterocycles. The van der Waals surface area contributed by atoms with Crippen molar-refractivity contribution in [3.63, 3.8) is 0 Å². The highest BCUT2D eigenvalue weighted by Gasteiger charge is 2.13. The highest BCUT2D eigenvalue weighted by atomic mass is 35.5. The Morgan fingerprint density at radius 2 is 1.67 bits per heavy atom. The zero-order valence-electron chi connectivity index (χ0n) is 9.51. The molecule has 0 saturated heterocycles. The molecular weight excluding hydrogens is 246 g/mol. The van der Waals surface area contributed by atoms with Gasteiger partial charge in [0, 0.05) is 6.07 Å². The van der Waals surface area contributed by atoms with E-state index in [-0.39, 0.29) is 0 Å². The molecule has 2 nitrogen and oxygen atoms in total. The Morgan fingerprint density at radius 3 is 2.44 bits per heavy atom. The van der Waals surface area contributed by atoms with E-state index in [0.717, 1.165) is 21.2 Å². The van der Waals surface area contributed by atoms with Gasteiger partial charge in [0.15, 0.2) is 6.20 Å². The van der Waals surface area contributed by atoms with Crippen molar-refractivity contribution in [1.29, 1.82) is 0 Å². The average molecular weight is 256 g/mol. The van der Waals surface area contributed by atoms with E-state index in [9.17, 15) is 5.21 Å². The predicted octanol–water partition coefficient (Wildman–Crippen LogP) is 3.79. The Kier molecular flexibility index (Phi) is 2.65. The zero-order valence-corrected chi connectivity index (χ0v) is 10.3. The van der Waals surface area contributed by atoms with Gasteiger partial charge in [-0.15, -0.1) is 0 Å². The first kappa shape index (κ1) is 11.1. The van der Waals surface area contributed by atoms with Gasteiger partial charge in [0.2, 0.25) is 5.52 Å². The summed E-state index contributed by atoms with van der Waals surface area (Å²) >= 11 is 6.14. The van der Waals surface area contributed by atoms with E-state index in [0.29, 0.717) is 10.5 Å². The summed E-state index contributed by atoms with van der Waals surface area (Å²) < 4.78 is 0.865. The molecule has 0 fully saturated rings. The fourth-order valence-corrected chi connectivity index (χ4v) is 2.34. The van der Waals surface area contributed by atoms with Crippen LogP contribution in [0.2, 0.25) is 5.02 Å². The van der Waals surface area contributed by atoms with Crippen molar-refractivity contribution in [2.75, 3.05) is 0 Å². The van der Waals surface area contributed by atoms with Crippen LogP contribution in [-0.4, -0.2) is 0 Å². The first-order valence-electron chi connectivity index (χ1n) is 5.63. The van der Waals surface area contributed by atoms with Crippen LogP contribution in [0.3, 0.4) is 0 Å². The zero-order chi connectivity index (χ0) is 12.5. The molecule has 3 aromatic rings. The van der Waals surface area contributed by atoms with Gasteiger partial charge in [0.05, 0.1) is 16.0 Å². The van der Waals surface area contributed by atoms with E-state index < -0.39 is 0 Å². The van der Waals surface area contributed by atoms with E-state index in [2.05, 4.69) is 0 Å². The molecule has 0 N–H and O–H groups in total. The Bertz CT molecular complexity index is 710. The summed E-state index contributed by atoms with van der Waals surface area (Å²) in [6.07, 6.45) is 1.49. The van der Waals surface area contributed by atoms with E-state index in [1.165, 1.54) is 6.20 Å². The topological polar surface area (TPSA) is 26.9 Å². The fraction of sp³-hybridized carbons (Fsp3) is 0. The van der Waals surface area contributed by atoms with Crippen molar-refractivity contribution >= 4 is 22.5 Å². The second kappa shape index (κ2) is 4.31. The van der Waals surface area contributed by atoms with Gasteiger partial charge in [-0.2, -0.15) is 4.73 Å². The van der Waals surface area contributed by atoms with Gasteiger partial charge in [-0.05, 0) is 23.8 Å². The van der Waals surface area contributed by atoms with Gasteiger partial charge in [0.1, 0.15) is 0 Å². The number of rotatable bonds is 1. The van der Waals surface area contributed by atoms with Crippen LogP contribution < -0.4 is 4.73 Å². The first-order chi connectivity index (χ1) is 8.77. The summed E-state index contributed by atoms with van der Waals surface area (Å²) in [5, 5.41) is 13.3. The van der Waals surface area contributed by atoms with Gasteiger partial charge < -0.3 is 5.21 Å². The molecular formula is C15H10ClNO. The Labute approximate surface area is 110 Å². The molecule has 18 heavy (non-hydrogen) atoms. The van der Waals surface area contributed by atoms with E-state index in [1.807, 2.05) is 48.5 Å². The quantitative estimate of drug-likeness (QED) is 0.480. The maximum atomic E-state index is 12.0. The minimum atomic E-state index is 0.592. The fourth-order valence-electron chi connectivity index (χ4n) is 2.12. The minimum absolute atomic E-state index is 0.592. The van der Waals surface area contributed by atoms with E-state index in [1.54, 1.807) is 6.07 Å². The summed E-state index contributed by atoms with van der Waals surface area (Å²) in [4.78, 5) is 0. The normalized spacial score (nSPS) is 10.7. The minimum Gasteiger partial charge on any atom is -0.618 e. The molecule has 0 atom stereocenters. The summed E-state index contributed by atoms with van der Waals surface area (Å²) in [6, 6.07) is 17.1. The van der Waals surface area contributed by atoms with Gasteiger partial charge in [-0.25, -0.2) is 0 Å². The van der Waals surface area contributed by atoms with Crippen LogP contribution in [0.5, 0.6) is 0 Å². The Balaban J connectivity index is 2.41. The van der Waals surface area contributed by atoms with Gasteiger partial charge in [-0.3, -0.25) is 0 Å². The third kappa shape index (κ3) is 1.71. The van der Waals surface area contributed by atoms with Gasteiger partial charge >= 0.3 is 0 Å². The van der Waals surface area contributed by atoms with Crippen LogP contribution in [0.15, 0.2) is 60.8 Å². The number of aromatic nitrogens is 1. The molecule has 0 radical (unpaired) electrons. The molecule has 1 aromatic heterocycles. The number of pyridine rings is 1. The maximum absolute atomic E-state index is 12.0. The predicted molar refractivity (Wildman–Crippen MR) is 73.4 cm³/mol. The number of fused-ring (bicyclic) bond motifs is 1. The molecule has 1 heterocycles. The third-order valence-corrected chi connectivity index (χ3v) is 3.28. The number of halogens is 1. The number of benzene rings is 2. The summed E-state index contributed by atoms with van der Waals surface area (Å²) in [6.45, 7) is 0. The second-order valence-electron chi connectivity index (χ2n) is 4.06. The highest BCUT2D eigenvalue weighted by Crippen LogP contribution is 2.30.